The first-order valence-electron chi connectivity index (χ1n) is 7.82. The molecule has 0 saturated heterocycles. The van der Waals surface area contributed by atoms with E-state index in [0.717, 1.165) is 25.0 Å². The van der Waals surface area contributed by atoms with Gasteiger partial charge in [0.25, 0.3) is 0 Å². The van der Waals surface area contributed by atoms with E-state index < -0.39 is 0 Å². The van der Waals surface area contributed by atoms with Gasteiger partial charge in [-0.2, -0.15) is 0 Å². The van der Waals surface area contributed by atoms with Crippen LogP contribution in [0.25, 0.3) is 0 Å². The summed E-state index contributed by atoms with van der Waals surface area (Å²) >= 11 is 0. The van der Waals surface area contributed by atoms with Gasteiger partial charge >= 0.3 is 0 Å². The Morgan fingerprint density at radius 2 is 2.05 bits per heavy atom. The van der Waals surface area contributed by atoms with Gasteiger partial charge in [0.1, 0.15) is 12.4 Å². The van der Waals surface area contributed by atoms with Gasteiger partial charge in [-0.05, 0) is 42.9 Å². The van der Waals surface area contributed by atoms with Gasteiger partial charge in [0.05, 0.1) is 6.54 Å². The molecule has 0 spiro atoms. The van der Waals surface area contributed by atoms with Gasteiger partial charge < -0.3 is 15.8 Å². The van der Waals surface area contributed by atoms with Gasteiger partial charge in [-0.25, -0.2) is 0 Å². The van der Waals surface area contributed by atoms with Crippen molar-refractivity contribution < 1.29 is 9.53 Å². The molecule has 1 aromatic carbocycles. The molecule has 2 atom stereocenters. The fourth-order valence-electron chi connectivity index (χ4n) is 2.69. The van der Waals surface area contributed by atoms with Crippen molar-refractivity contribution >= 4 is 5.91 Å². The van der Waals surface area contributed by atoms with Gasteiger partial charge in [0.2, 0.25) is 5.91 Å². The maximum absolute atomic E-state index is 11.9. The van der Waals surface area contributed by atoms with E-state index in [1.807, 2.05) is 12.1 Å². The minimum absolute atomic E-state index is 0.0883. The normalized spacial score (nSPS) is 21.5. The molecule has 1 aromatic rings. The Balaban J connectivity index is 1.66. The van der Waals surface area contributed by atoms with Crippen molar-refractivity contribution in [1.82, 2.24) is 5.32 Å². The third-order valence-electron chi connectivity index (χ3n) is 4.06. The van der Waals surface area contributed by atoms with Crippen LogP contribution >= 0.6 is 0 Å². The highest BCUT2D eigenvalue weighted by Crippen LogP contribution is 2.24. The van der Waals surface area contributed by atoms with Gasteiger partial charge in [-0.3, -0.25) is 4.79 Å². The second kappa shape index (κ2) is 7.46. The fourth-order valence-corrected chi connectivity index (χ4v) is 2.69. The number of carbonyl (C=O) groups excluding carboxylic acids is 1. The van der Waals surface area contributed by atoms with Crippen molar-refractivity contribution in [3.63, 3.8) is 0 Å². The molecule has 4 nitrogen and oxygen atoms in total. The Labute approximate surface area is 127 Å². The Bertz CT molecular complexity index is 456. The first-order valence-corrected chi connectivity index (χ1v) is 7.82. The first-order chi connectivity index (χ1) is 10.1. The van der Waals surface area contributed by atoms with Crippen molar-refractivity contribution in [2.24, 2.45) is 11.7 Å². The highest BCUT2D eigenvalue weighted by molar-refractivity contribution is 5.78. The topological polar surface area (TPSA) is 64.3 Å². The third-order valence-corrected chi connectivity index (χ3v) is 4.06. The molecule has 1 aliphatic carbocycles. The molecule has 1 fully saturated rings. The van der Waals surface area contributed by atoms with Crippen LogP contribution in [0.3, 0.4) is 0 Å². The van der Waals surface area contributed by atoms with Gasteiger partial charge in [0, 0.05) is 12.0 Å². The van der Waals surface area contributed by atoms with Crippen LogP contribution in [-0.4, -0.2) is 25.1 Å². The zero-order valence-corrected chi connectivity index (χ0v) is 13.0. The molecule has 1 aliphatic rings. The number of carbonyl (C=O) groups is 1. The van der Waals surface area contributed by atoms with Crippen molar-refractivity contribution in [2.75, 3.05) is 13.2 Å². The van der Waals surface area contributed by atoms with Crippen LogP contribution in [-0.2, 0) is 4.79 Å². The van der Waals surface area contributed by atoms with Crippen molar-refractivity contribution in [3.8, 4) is 5.75 Å². The molecule has 21 heavy (non-hydrogen) atoms. The van der Waals surface area contributed by atoms with E-state index in [4.69, 9.17) is 10.5 Å². The second-order valence-electron chi connectivity index (χ2n) is 6.13. The van der Waals surface area contributed by atoms with E-state index in [1.165, 1.54) is 5.56 Å². The maximum Gasteiger partial charge on any atom is 0.223 e. The lowest BCUT2D eigenvalue weighted by molar-refractivity contribution is -0.124. The van der Waals surface area contributed by atoms with E-state index >= 15 is 0 Å². The summed E-state index contributed by atoms with van der Waals surface area (Å²) in [7, 11) is 0. The monoisotopic (exact) mass is 290 g/mol. The quantitative estimate of drug-likeness (QED) is 0.791. The maximum atomic E-state index is 11.9. The SMILES string of the molecule is CC(C)c1ccc(OCCNC(=O)C2CCC(N)C2)cc1. The summed E-state index contributed by atoms with van der Waals surface area (Å²) in [6.45, 7) is 5.36. The predicted molar refractivity (Wildman–Crippen MR) is 84.4 cm³/mol. The summed E-state index contributed by atoms with van der Waals surface area (Å²) in [5.41, 5.74) is 7.12. The molecule has 0 aromatic heterocycles. The van der Waals surface area contributed by atoms with Crippen LogP contribution in [0, 0.1) is 5.92 Å². The lowest BCUT2D eigenvalue weighted by Crippen LogP contribution is -2.33. The van der Waals surface area contributed by atoms with Crippen molar-refractivity contribution in [3.05, 3.63) is 29.8 Å². The summed E-state index contributed by atoms with van der Waals surface area (Å²) in [5, 5.41) is 2.93. The summed E-state index contributed by atoms with van der Waals surface area (Å²) in [4.78, 5) is 11.9. The molecular weight excluding hydrogens is 264 g/mol. The van der Waals surface area contributed by atoms with E-state index in [-0.39, 0.29) is 17.9 Å². The minimum atomic E-state index is 0.0883. The zero-order chi connectivity index (χ0) is 15.2. The van der Waals surface area contributed by atoms with Crippen LogP contribution in [0.5, 0.6) is 5.75 Å². The molecule has 0 radical (unpaired) electrons. The van der Waals surface area contributed by atoms with Crippen LogP contribution in [0.4, 0.5) is 0 Å². The first kappa shape index (κ1) is 15.8. The average molecular weight is 290 g/mol. The van der Waals surface area contributed by atoms with Crippen molar-refractivity contribution in [1.29, 1.82) is 0 Å². The molecule has 2 unspecified atom stereocenters. The van der Waals surface area contributed by atoms with Gasteiger partial charge in [-0.1, -0.05) is 26.0 Å². The number of amides is 1. The summed E-state index contributed by atoms with van der Waals surface area (Å²) in [6.07, 6.45) is 2.67. The summed E-state index contributed by atoms with van der Waals surface area (Å²) in [6, 6.07) is 8.31. The second-order valence-corrected chi connectivity index (χ2v) is 6.13. The zero-order valence-electron chi connectivity index (χ0n) is 13.0. The Kier molecular flexibility index (Phi) is 5.62. The number of nitrogens with two attached hydrogens (primary N) is 1. The van der Waals surface area contributed by atoms with E-state index in [9.17, 15) is 4.79 Å². The minimum Gasteiger partial charge on any atom is -0.492 e. The molecule has 0 aliphatic heterocycles. The summed E-state index contributed by atoms with van der Waals surface area (Å²) < 4.78 is 5.64. The van der Waals surface area contributed by atoms with E-state index in [0.29, 0.717) is 19.1 Å². The lowest BCUT2D eigenvalue weighted by Gasteiger charge is -2.12. The average Bonchev–Trinajstić information content (AvgIpc) is 2.90. The van der Waals surface area contributed by atoms with Crippen molar-refractivity contribution in [2.45, 2.75) is 45.1 Å². The highest BCUT2D eigenvalue weighted by Gasteiger charge is 2.27. The van der Waals surface area contributed by atoms with Gasteiger partial charge in [0.15, 0.2) is 0 Å². The highest BCUT2D eigenvalue weighted by atomic mass is 16.5. The van der Waals surface area contributed by atoms with Crippen LogP contribution in [0.1, 0.15) is 44.6 Å². The number of ether oxygens (including phenoxy) is 1. The molecule has 116 valence electrons. The molecule has 0 bridgehead atoms. The molecule has 2 rings (SSSR count). The van der Waals surface area contributed by atoms with Crippen LogP contribution < -0.4 is 15.8 Å². The third kappa shape index (κ3) is 4.74. The van der Waals surface area contributed by atoms with Gasteiger partial charge in [-0.15, -0.1) is 0 Å². The number of rotatable bonds is 6. The van der Waals surface area contributed by atoms with E-state index in [1.54, 1.807) is 0 Å². The number of hydrogen-bond donors (Lipinski definition) is 2. The molecule has 3 N–H and O–H groups in total. The largest absolute Gasteiger partial charge is 0.492 e. The smallest absolute Gasteiger partial charge is 0.223 e. The molecule has 1 amide bonds. The number of hydrogen-bond acceptors (Lipinski definition) is 3. The Morgan fingerprint density at radius 1 is 1.33 bits per heavy atom. The van der Waals surface area contributed by atoms with Crippen LogP contribution in [0.15, 0.2) is 24.3 Å². The lowest BCUT2D eigenvalue weighted by atomic mass is 10.0. The molecule has 4 heteroatoms. The standard InChI is InChI=1S/C17H26N2O2/c1-12(2)13-4-7-16(8-5-13)21-10-9-19-17(20)14-3-6-15(18)11-14/h4-5,7-8,12,14-15H,3,6,9-11,18H2,1-2H3,(H,19,20). The predicted octanol–water partition coefficient (Wildman–Crippen LogP) is 2.43. The summed E-state index contributed by atoms with van der Waals surface area (Å²) in [5.74, 6) is 1.57. The number of nitrogens with one attached hydrogen (secondary N) is 1. The number of benzene rings is 1. The molecule has 1 saturated carbocycles. The molecular formula is C17H26N2O2. The Hall–Kier alpha value is -1.55. The molecule has 0 heterocycles. The fraction of sp³-hybridized carbons (Fsp3) is 0.588. The van der Waals surface area contributed by atoms with Crippen LogP contribution in [0.2, 0.25) is 0 Å². The van der Waals surface area contributed by atoms with E-state index in [2.05, 4.69) is 31.3 Å². The Morgan fingerprint density at radius 3 is 2.62 bits per heavy atom.